The molecule has 6 nitrogen and oxygen atoms in total. The fourth-order valence-electron chi connectivity index (χ4n) is 1.52. The summed E-state index contributed by atoms with van der Waals surface area (Å²) in [6.45, 7) is 4.58. The molecule has 0 unspecified atom stereocenters. The van der Waals surface area contributed by atoms with Gasteiger partial charge in [-0.2, -0.15) is 4.99 Å². The van der Waals surface area contributed by atoms with Crippen LogP contribution in [0.5, 0.6) is 0 Å². The molecule has 0 bridgehead atoms. The topological polar surface area (TPSA) is 93.4 Å². The van der Waals surface area contributed by atoms with Crippen molar-refractivity contribution in [2.75, 3.05) is 6.61 Å². The number of rotatable bonds is 7. The number of carbonyl (C=O) groups is 1. The van der Waals surface area contributed by atoms with Crippen molar-refractivity contribution in [3.8, 4) is 0 Å². The quantitative estimate of drug-likeness (QED) is 0.442. The number of H-pyrrole nitrogens is 1. The molecule has 0 fully saturated rings. The Morgan fingerprint density at radius 3 is 2.89 bits per heavy atom. The van der Waals surface area contributed by atoms with Gasteiger partial charge in [0.05, 0.1) is 12.9 Å². The Labute approximate surface area is 107 Å². The van der Waals surface area contributed by atoms with Crippen molar-refractivity contribution in [1.82, 2.24) is 9.97 Å². The van der Waals surface area contributed by atoms with Gasteiger partial charge in [0.2, 0.25) is 0 Å². The number of aliphatic imine (C=N–C) groups is 1. The number of nitrogens with two attached hydrogens (primary N) is 1. The molecule has 0 spiro atoms. The second-order valence-electron chi connectivity index (χ2n) is 3.86. The van der Waals surface area contributed by atoms with E-state index < -0.39 is 5.91 Å². The van der Waals surface area contributed by atoms with E-state index in [2.05, 4.69) is 21.9 Å². The first-order valence-corrected chi connectivity index (χ1v) is 6.22. The zero-order valence-electron chi connectivity index (χ0n) is 10.9. The Hall–Kier alpha value is -1.85. The number of ether oxygens (including phenoxy) is 1. The second-order valence-corrected chi connectivity index (χ2v) is 3.86. The zero-order chi connectivity index (χ0) is 13.4. The second kappa shape index (κ2) is 7.47. The summed E-state index contributed by atoms with van der Waals surface area (Å²) in [4.78, 5) is 22.0. The number of aromatic amines is 1. The summed E-state index contributed by atoms with van der Waals surface area (Å²) in [7, 11) is 0. The van der Waals surface area contributed by atoms with E-state index in [1.54, 1.807) is 0 Å². The first-order valence-electron chi connectivity index (χ1n) is 6.22. The lowest BCUT2D eigenvalue weighted by Gasteiger charge is -2.06. The first-order chi connectivity index (χ1) is 8.69. The molecule has 3 N–H and O–H groups in total. The number of primary amides is 1. The van der Waals surface area contributed by atoms with Gasteiger partial charge < -0.3 is 15.5 Å². The third kappa shape index (κ3) is 4.20. The molecule has 0 saturated heterocycles. The minimum absolute atomic E-state index is 0.211. The van der Waals surface area contributed by atoms with E-state index in [0.29, 0.717) is 18.3 Å². The van der Waals surface area contributed by atoms with E-state index in [4.69, 9.17) is 10.5 Å². The Morgan fingerprint density at radius 1 is 1.50 bits per heavy atom. The SMILES string of the molecule is CCCCCC(=Nc1nc[nH]c1C(N)=O)OCC. The van der Waals surface area contributed by atoms with Crippen LogP contribution in [0.15, 0.2) is 11.3 Å². The number of aromatic nitrogens is 2. The van der Waals surface area contributed by atoms with Gasteiger partial charge in [0.15, 0.2) is 17.4 Å². The molecule has 1 aromatic rings. The molecule has 0 aliphatic rings. The number of amides is 1. The van der Waals surface area contributed by atoms with Crippen molar-refractivity contribution < 1.29 is 9.53 Å². The minimum Gasteiger partial charge on any atom is -0.481 e. The van der Waals surface area contributed by atoms with Gasteiger partial charge in [0.1, 0.15) is 0 Å². The Kier molecular flexibility index (Phi) is 5.90. The maximum atomic E-state index is 11.1. The predicted octanol–water partition coefficient (Wildman–Crippen LogP) is 2.16. The maximum absolute atomic E-state index is 11.1. The van der Waals surface area contributed by atoms with Gasteiger partial charge in [-0.25, -0.2) is 4.98 Å². The normalized spacial score (nSPS) is 11.6. The molecular formula is C12H20N4O2. The molecule has 1 heterocycles. The Bertz CT molecular complexity index is 412. The number of nitrogens with zero attached hydrogens (tertiary/aromatic N) is 2. The highest BCUT2D eigenvalue weighted by Gasteiger charge is 2.11. The van der Waals surface area contributed by atoms with Crippen molar-refractivity contribution in [3.63, 3.8) is 0 Å². The fourth-order valence-corrected chi connectivity index (χ4v) is 1.52. The number of hydrogen-bond donors (Lipinski definition) is 2. The van der Waals surface area contributed by atoms with Crippen LogP contribution in [-0.2, 0) is 4.74 Å². The lowest BCUT2D eigenvalue weighted by molar-refractivity contribution is 0.0997. The zero-order valence-corrected chi connectivity index (χ0v) is 10.9. The summed E-state index contributed by atoms with van der Waals surface area (Å²) in [5.74, 6) is 0.318. The maximum Gasteiger partial charge on any atom is 0.269 e. The van der Waals surface area contributed by atoms with Gasteiger partial charge in [-0.3, -0.25) is 4.79 Å². The van der Waals surface area contributed by atoms with Gasteiger partial charge in [-0.05, 0) is 13.3 Å². The molecule has 0 aliphatic carbocycles. The molecule has 0 aromatic carbocycles. The van der Waals surface area contributed by atoms with Crippen LogP contribution < -0.4 is 5.73 Å². The van der Waals surface area contributed by atoms with Crippen LogP contribution in [-0.4, -0.2) is 28.4 Å². The van der Waals surface area contributed by atoms with Crippen molar-refractivity contribution in [3.05, 3.63) is 12.0 Å². The summed E-state index contributed by atoms with van der Waals surface area (Å²) in [6.07, 6.45) is 5.40. The average molecular weight is 252 g/mol. The highest BCUT2D eigenvalue weighted by atomic mass is 16.5. The molecule has 0 saturated carbocycles. The third-order valence-corrected chi connectivity index (χ3v) is 2.40. The van der Waals surface area contributed by atoms with E-state index in [-0.39, 0.29) is 5.69 Å². The van der Waals surface area contributed by atoms with E-state index in [9.17, 15) is 4.79 Å². The van der Waals surface area contributed by atoms with Crippen LogP contribution in [0.1, 0.15) is 50.0 Å². The molecule has 18 heavy (non-hydrogen) atoms. The van der Waals surface area contributed by atoms with Gasteiger partial charge in [0, 0.05) is 6.42 Å². The molecule has 0 aliphatic heterocycles. The molecule has 6 heteroatoms. The average Bonchev–Trinajstić information content (AvgIpc) is 2.78. The predicted molar refractivity (Wildman–Crippen MR) is 70.0 cm³/mol. The van der Waals surface area contributed by atoms with Crippen LogP contribution in [0.3, 0.4) is 0 Å². The minimum atomic E-state index is -0.573. The number of imidazole rings is 1. The number of unbranched alkanes of at least 4 members (excludes halogenated alkanes) is 2. The monoisotopic (exact) mass is 252 g/mol. The first kappa shape index (κ1) is 14.2. The molecule has 100 valence electrons. The van der Waals surface area contributed by atoms with E-state index in [1.165, 1.54) is 6.33 Å². The van der Waals surface area contributed by atoms with Gasteiger partial charge >= 0.3 is 0 Å². The Balaban J connectivity index is 2.79. The largest absolute Gasteiger partial charge is 0.481 e. The van der Waals surface area contributed by atoms with Crippen molar-refractivity contribution in [2.24, 2.45) is 10.7 Å². The molecular weight excluding hydrogens is 232 g/mol. The highest BCUT2D eigenvalue weighted by molar-refractivity contribution is 5.96. The summed E-state index contributed by atoms with van der Waals surface area (Å²) in [5, 5.41) is 0. The third-order valence-electron chi connectivity index (χ3n) is 2.40. The number of hydrogen-bond acceptors (Lipinski definition) is 4. The lowest BCUT2D eigenvalue weighted by Crippen LogP contribution is -2.12. The standard InChI is InChI=1S/C12H20N4O2/c1-3-5-6-7-9(18-4-2)16-12-10(11(13)17)14-8-15-12/h8H,3-7H2,1-2H3,(H2,13,17)(H,14,15). The van der Waals surface area contributed by atoms with Crippen LogP contribution in [0.2, 0.25) is 0 Å². The van der Waals surface area contributed by atoms with Crippen LogP contribution in [0.4, 0.5) is 5.82 Å². The number of nitrogens with one attached hydrogen (secondary N) is 1. The van der Waals surface area contributed by atoms with Crippen molar-refractivity contribution in [1.29, 1.82) is 0 Å². The van der Waals surface area contributed by atoms with Crippen LogP contribution in [0, 0.1) is 0 Å². The summed E-state index contributed by atoms with van der Waals surface area (Å²) in [5.41, 5.74) is 5.42. The van der Waals surface area contributed by atoms with Gasteiger partial charge in [-0.1, -0.05) is 19.8 Å². The van der Waals surface area contributed by atoms with Crippen LogP contribution >= 0.6 is 0 Å². The molecule has 0 radical (unpaired) electrons. The smallest absolute Gasteiger partial charge is 0.269 e. The number of carbonyl (C=O) groups excluding carboxylic acids is 1. The van der Waals surface area contributed by atoms with Crippen molar-refractivity contribution in [2.45, 2.75) is 39.5 Å². The van der Waals surface area contributed by atoms with E-state index in [1.807, 2.05) is 6.92 Å². The lowest BCUT2D eigenvalue weighted by atomic mass is 10.2. The molecule has 1 aromatic heterocycles. The van der Waals surface area contributed by atoms with Crippen LogP contribution in [0.25, 0.3) is 0 Å². The molecule has 0 atom stereocenters. The van der Waals surface area contributed by atoms with Gasteiger partial charge in [-0.15, -0.1) is 0 Å². The van der Waals surface area contributed by atoms with Crippen molar-refractivity contribution >= 4 is 17.6 Å². The summed E-state index contributed by atoms with van der Waals surface area (Å²) < 4.78 is 5.44. The van der Waals surface area contributed by atoms with Gasteiger partial charge in [0.25, 0.3) is 5.91 Å². The summed E-state index contributed by atoms with van der Waals surface area (Å²) >= 11 is 0. The highest BCUT2D eigenvalue weighted by Crippen LogP contribution is 2.15. The fraction of sp³-hybridized carbons (Fsp3) is 0.583. The molecule has 1 rings (SSSR count). The van der Waals surface area contributed by atoms with E-state index >= 15 is 0 Å². The Morgan fingerprint density at radius 2 is 2.28 bits per heavy atom. The van der Waals surface area contributed by atoms with E-state index in [0.717, 1.165) is 25.7 Å². The molecule has 1 amide bonds. The summed E-state index contributed by atoms with van der Waals surface area (Å²) in [6, 6.07) is 0.